The molecule has 0 aliphatic heterocycles. The largest absolute Gasteiger partial charge is 0.493 e. The van der Waals surface area contributed by atoms with Crippen molar-refractivity contribution in [1.29, 1.82) is 0 Å². The minimum atomic E-state index is -0.905. The van der Waals surface area contributed by atoms with Crippen molar-refractivity contribution in [2.45, 2.75) is 71.8 Å². The molecule has 2 aromatic carbocycles. The average molecular weight is 524 g/mol. The Labute approximate surface area is 226 Å². The molecule has 7 heteroatoms. The first kappa shape index (κ1) is 30.6. The summed E-state index contributed by atoms with van der Waals surface area (Å²) in [4.78, 5) is 24.1. The molecule has 0 N–H and O–H groups in total. The van der Waals surface area contributed by atoms with Gasteiger partial charge in [0, 0.05) is 5.56 Å². The normalized spacial score (nSPS) is 16.7. The lowest BCUT2D eigenvalue weighted by Crippen LogP contribution is -2.04. The van der Waals surface area contributed by atoms with Crippen LogP contribution in [0.1, 0.15) is 69.4 Å². The van der Waals surface area contributed by atoms with Crippen molar-refractivity contribution in [3.63, 3.8) is 0 Å². The Bertz CT molecular complexity index is 1020. The van der Waals surface area contributed by atoms with Crippen LogP contribution in [-0.4, -0.2) is 18.2 Å². The van der Waals surface area contributed by atoms with Crippen molar-refractivity contribution in [2.24, 2.45) is 11.8 Å². The number of carbonyl (C=O) groups is 1. The van der Waals surface area contributed by atoms with E-state index in [2.05, 4.69) is 65.9 Å². The molecule has 3 rings (SSSR count). The first-order chi connectivity index (χ1) is 18.5. The summed E-state index contributed by atoms with van der Waals surface area (Å²) < 4.78 is 10.4. The van der Waals surface area contributed by atoms with Gasteiger partial charge >= 0.3 is 0 Å². The van der Waals surface area contributed by atoms with E-state index in [0.29, 0.717) is 5.56 Å². The number of para-hydroxylation sites is 1. The van der Waals surface area contributed by atoms with Crippen LogP contribution in [0.15, 0.2) is 72.8 Å². The van der Waals surface area contributed by atoms with Crippen LogP contribution in [-0.2, 0) is 16.2 Å². The SMILES string of the molecule is CCCC/C=C\C[C@H]1CCCC1/C=C/CCOc1cccc(C)c1.O=COc1ccccc1CO[N+](=O)[O-]. The molecule has 0 amide bonds. The summed E-state index contributed by atoms with van der Waals surface area (Å²) in [6.07, 6.45) is 19.9. The van der Waals surface area contributed by atoms with Crippen LogP contribution < -0.4 is 9.47 Å². The smallest absolute Gasteiger partial charge is 0.298 e. The van der Waals surface area contributed by atoms with E-state index in [4.69, 9.17) is 4.74 Å². The van der Waals surface area contributed by atoms with Gasteiger partial charge in [0.1, 0.15) is 18.1 Å². The summed E-state index contributed by atoms with van der Waals surface area (Å²) in [7, 11) is 0. The lowest BCUT2D eigenvalue weighted by Gasteiger charge is -2.14. The third-order valence-electron chi connectivity index (χ3n) is 6.45. The molecule has 0 spiro atoms. The van der Waals surface area contributed by atoms with Crippen LogP contribution >= 0.6 is 0 Å². The molecule has 0 radical (unpaired) electrons. The second kappa shape index (κ2) is 18.6. The second-order valence-electron chi connectivity index (χ2n) is 9.40. The summed E-state index contributed by atoms with van der Waals surface area (Å²) >= 11 is 0. The molecule has 0 saturated heterocycles. The molecule has 38 heavy (non-hydrogen) atoms. The van der Waals surface area contributed by atoms with Crippen LogP contribution in [0.5, 0.6) is 11.5 Å². The Morgan fingerprint density at radius 2 is 1.89 bits per heavy atom. The molecule has 7 nitrogen and oxygen atoms in total. The Balaban J connectivity index is 0.000000308. The lowest BCUT2D eigenvalue weighted by molar-refractivity contribution is -0.763. The van der Waals surface area contributed by atoms with Gasteiger partial charge in [0.05, 0.1) is 6.61 Å². The molecule has 1 unspecified atom stereocenters. The summed E-state index contributed by atoms with van der Waals surface area (Å²) in [5.74, 6) is 2.88. The molecule has 206 valence electrons. The molecule has 2 atom stereocenters. The van der Waals surface area contributed by atoms with Gasteiger partial charge in [-0.15, -0.1) is 10.1 Å². The third-order valence-corrected chi connectivity index (χ3v) is 6.45. The van der Waals surface area contributed by atoms with Gasteiger partial charge in [0.15, 0.2) is 0 Å². The molecule has 0 bridgehead atoms. The number of carbonyl (C=O) groups excluding carboxylic acids is 1. The Morgan fingerprint density at radius 1 is 1.05 bits per heavy atom. The summed E-state index contributed by atoms with van der Waals surface area (Å²) in [5.41, 5.74) is 1.69. The van der Waals surface area contributed by atoms with Crippen LogP contribution in [0.3, 0.4) is 0 Å². The fourth-order valence-corrected chi connectivity index (χ4v) is 4.46. The average Bonchev–Trinajstić information content (AvgIpc) is 3.35. The van der Waals surface area contributed by atoms with Gasteiger partial charge in [-0.05, 0) is 74.6 Å². The summed E-state index contributed by atoms with van der Waals surface area (Å²) in [5, 5.41) is 9.01. The molecular formula is C31H41NO6. The van der Waals surface area contributed by atoms with Gasteiger partial charge < -0.3 is 14.3 Å². The van der Waals surface area contributed by atoms with E-state index in [1.54, 1.807) is 18.2 Å². The summed E-state index contributed by atoms with van der Waals surface area (Å²) in [6, 6.07) is 14.7. The van der Waals surface area contributed by atoms with Crippen LogP contribution in [0.25, 0.3) is 0 Å². The van der Waals surface area contributed by atoms with E-state index in [1.165, 1.54) is 56.6 Å². The minimum Gasteiger partial charge on any atom is -0.493 e. The zero-order chi connectivity index (χ0) is 27.4. The van der Waals surface area contributed by atoms with Gasteiger partial charge in [-0.2, -0.15) is 0 Å². The molecule has 1 aliphatic rings. The molecule has 0 aromatic heterocycles. The molecule has 2 aromatic rings. The monoisotopic (exact) mass is 523 g/mol. The highest BCUT2D eigenvalue weighted by atomic mass is 16.9. The Morgan fingerprint density at radius 3 is 2.66 bits per heavy atom. The zero-order valence-electron chi connectivity index (χ0n) is 22.6. The third kappa shape index (κ3) is 12.6. The lowest BCUT2D eigenvalue weighted by atomic mass is 9.92. The number of allylic oxidation sites excluding steroid dienone is 3. The highest BCUT2D eigenvalue weighted by Crippen LogP contribution is 2.35. The number of unbranched alkanes of at least 4 members (excludes halogenated alkanes) is 2. The number of benzene rings is 2. The van der Waals surface area contributed by atoms with Gasteiger partial charge in [-0.3, -0.25) is 4.79 Å². The van der Waals surface area contributed by atoms with Crippen molar-refractivity contribution in [2.75, 3.05) is 6.61 Å². The number of hydrogen-bond acceptors (Lipinski definition) is 6. The van der Waals surface area contributed by atoms with E-state index < -0.39 is 5.09 Å². The first-order valence-corrected chi connectivity index (χ1v) is 13.5. The topological polar surface area (TPSA) is 87.9 Å². The molecule has 1 aliphatic carbocycles. The van der Waals surface area contributed by atoms with Gasteiger partial charge in [-0.25, -0.2) is 0 Å². The van der Waals surface area contributed by atoms with Crippen molar-refractivity contribution in [3.8, 4) is 11.5 Å². The molecule has 0 heterocycles. The van der Waals surface area contributed by atoms with E-state index >= 15 is 0 Å². The van der Waals surface area contributed by atoms with Gasteiger partial charge in [-0.1, -0.05) is 80.8 Å². The molecule has 1 fully saturated rings. The first-order valence-electron chi connectivity index (χ1n) is 13.5. The van der Waals surface area contributed by atoms with Gasteiger partial charge in [0.25, 0.3) is 11.6 Å². The highest BCUT2D eigenvalue weighted by Gasteiger charge is 2.23. The maximum Gasteiger partial charge on any atom is 0.298 e. The predicted octanol–water partition coefficient (Wildman–Crippen LogP) is 7.80. The highest BCUT2D eigenvalue weighted by molar-refractivity contribution is 5.47. The maximum absolute atomic E-state index is 10.1. The van der Waals surface area contributed by atoms with E-state index in [-0.39, 0.29) is 18.8 Å². The number of aryl methyl sites for hydroxylation is 1. The number of ether oxygens (including phenoxy) is 2. The zero-order valence-corrected chi connectivity index (χ0v) is 22.6. The Hall–Kier alpha value is -3.61. The van der Waals surface area contributed by atoms with Crippen LogP contribution in [0.2, 0.25) is 0 Å². The van der Waals surface area contributed by atoms with Crippen molar-refractivity contribution >= 4 is 6.47 Å². The fraction of sp³-hybridized carbons (Fsp3) is 0.452. The van der Waals surface area contributed by atoms with Crippen molar-refractivity contribution < 1.29 is 24.2 Å². The van der Waals surface area contributed by atoms with Crippen molar-refractivity contribution in [3.05, 3.63) is 94.1 Å². The van der Waals surface area contributed by atoms with E-state index in [9.17, 15) is 14.9 Å². The van der Waals surface area contributed by atoms with E-state index in [0.717, 1.165) is 30.6 Å². The minimum absolute atomic E-state index is 0.239. The standard InChI is InChI=1S/C23H34O.C8H7NO5/c1-3-4-5-6-7-13-21-15-11-16-22(21)14-8-9-18-24-23-17-10-12-20(2)19-23;10-6-13-8-4-2-1-3-7(8)5-14-9(11)12/h6-8,10,12,14,17,19,21-22H,3-5,9,11,13,15-16,18H2,1-2H3;1-4,6H,5H2/b7-6-,14-8+;/t21-,22?;/m0./s1. The fourth-order valence-electron chi connectivity index (χ4n) is 4.46. The number of nitrogens with zero attached hydrogens (tertiary/aromatic N) is 1. The van der Waals surface area contributed by atoms with Gasteiger partial charge in [0.2, 0.25) is 0 Å². The maximum atomic E-state index is 10.1. The number of hydrogen-bond donors (Lipinski definition) is 0. The number of rotatable bonds is 15. The summed E-state index contributed by atoms with van der Waals surface area (Å²) in [6.45, 7) is 5.15. The van der Waals surface area contributed by atoms with Crippen LogP contribution in [0.4, 0.5) is 0 Å². The predicted molar refractivity (Wildman–Crippen MR) is 149 cm³/mol. The Kier molecular flexibility index (Phi) is 15.0. The molecular weight excluding hydrogens is 482 g/mol. The second-order valence-corrected chi connectivity index (χ2v) is 9.40. The molecule has 1 saturated carbocycles. The van der Waals surface area contributed by atoms with E-state index in [1.807, 2.05) is 6.07 Å². The quantitative estimate of drug-likeness (QED) is 0.0778. The van der Waals surface area contributed by atoms with Crippen molar-refractivity contribution in [1.82, 2.24) is 0 Å². The van der Waals surface area contributed by atoms with Crippen LogP contribution in [0, 0.1) is 28.9 Å².